The Morgan fingerprint density at radius 2 is 1.95 bits per heavy atom. The first kappa shape index (κ1) is 14.2. The second kappa shape index (κ2) is 5.39. The molecule has 0 fully saturated rings. The van der Waals surface area contributed by atoms with Crippen LogP contribution in [0.5, 0.6) is 0 Å². The number of halogens is 1. The van der Waals surface area contributed by atoms with Gasteiger partial charge in [-0.3, -0.25) is 9.73 Å². The Morgan fingerprint density at radius 3 is 2.50 bits per heavy atom. The van der Waals surface area contributed by atoms with E-state index in [9.17, 15) is 12.8 Å². The predicted octanol–water partition coefficient (Wildman–Crippen LogP) is 0.726. The highest BCUT2D eigenvalue weighted by molar-refractivity contribution is 7.92. The molecule has 0 amide bonds. The zero-order valence-electron chi connectivity index (χ0n) is 10.5. The lowest BCUT2D eigenvalue weighted by Gasteiger charge is -2.19. The van der Waals surface area contributed by atoms with Gasteiger partial charge in [-0.1, -0.05) is 6.07 Å². The van der Waals surface area contributed by atoms with E-state index in [0.29, 0.717) is 0 Å². The van der Waals surface area contributed by atoms with E-state index in [1.165, 1.54) is 25.2 Å². The fourth-order valence-electron chi connectivity index (χ4n) is 1.49. The van der Waals surface area contributed by atoms with Crippen molar-refractivity contribution in [1.82, 2.24) is 9.97 Å². The zero-order chi connectivity index (χ0) is 14.8. The van der Waals surface area contributed by atoms with Crippen molar-refractivity contribution in [2.75, 3.05) is 16.8 Å². The van der Waals surface area contributed by atoms with Crippen molar-refractivity contribution >= 4 is 21.7 Å². The molecule has 2 aromatic rings. The van der Waals surface area contributed by atoms with Crippen LogP contribution in [0.1, 0.15) is 0 Å². The summed E-state index contributed by atoms with van der Waals surface area (Å²) in [5, 5.41) is 0. The van der Waals surface area contributed by atoms with Gasteiger partial charge in [-0.15, -0.1) is 0 Å². The van der Waals surface area contributed by atoms with E-state index in [1.807, 2.05) is 0 Å². The van der Waals surface area contributed by atoms with Gasteiger partial charge >= 0.3 is 0 Å². The molecular formula is C11H12FN5O2S. The van der Waals surface area contributed by atoms with Crippen molar-refractivity contribution < 1.29 is 12.8 Å². The molecule has 1 heterocycles. The van der Waals surface area contributed by atoms with Gasteiger partial charge in [0.05, 0.1) is 18.1 Å². The third-order valence-electron chi connectivity index (χ3n) is 2.59. The van der Waals surface area contributed by atoms with E-state index in [-0.39, 0.29) is 16.5 Å². The van der Waals surface area contributed by atoms with Gasteiger partial charge in [0.15, 0.2) is 0 Å². The molecule has 0 bridgehead atoms. The maximum Gasteiger partial charge on any atom is 0.267 e. The fraction of sp³-hybridized carbons (Fsp3) is 0.0909. The van der Waals surface area contributed by atoms with Crippen molar-refractivity contribution in [2.24, 2.45) is 5.84 Å². The Hall–Kier alpha value is -2.26. The lowest BCUT2D eigenvalue weighted by atomic mass is 10.3. The molecule has 0 radical (unpaired) electrons. The average molecular weight is 297 g/mol. The van der Waals surface area contributed by atoms with Crippen molar-refractivity contribution in [3.05, 3.63) is 42.5 Å². The molecule has 0 spiro atoms. The highest BCUT2D eigenvalue weighted by Crippen LogP contribution is 2.21. The maximum atomic E-state index is 13.1. The van der Waals surface area contributed by atoms with E-state index >= 15 is 0 Å². The second-order valence-corrected chi connectivity index (χ2v) is 5.81. The number of hydrazine groups is 1. The summed E-state index contributed by atoms with van der Waals surface area (Å²) < 4.78 is 38.7. The minimum atomic E-state index is -3.86. The van der Waals surface area contributed by atoms with Crippen LogP contribution in [0.4, 0.5) is 16.0 Å². The average Bonchev–Trinajstić information content (AvgIpc) is 2.46. The number of anilines is 2. The van der Waals surface area contributed by atoms with Gasteiger partial charge in [0.25, 0.3) is 10.0 Å². The second-order valence-electron chi connectivity index (χ2n) is 3.84. The van der Waals surface area contributed by atoms with Crippen molar-refractivity contribution in [2.45, 2.75) is 4.90 Å². The first-order valence-corrected chi connectivity index (χ1v) is 6.92. The minimum Gasteiger partial charge on any atom is -0.292 e. The van der Waals surface area contributed by atoms with Gasteiger partial charge in [0, 0.05) is 7.05 Å². The molecule has 0 atom stereocenters. The lowest BCUT2D eigenvalue weighted by Crippen LogP contribution is -2.27. The number of nitrogens with zero attached hydrogens (tertiary/aromatic N) is 3. The minimum absolute atomic E-state index is 0.0948. The van der Waals surface area contributed by atoms with Crippen LogP contribution in [0, 0.1) is 5.82 Å². The first-order chi connectivity index (χ1) is 9.45. The van der Waals surface area contributed by atoms with Crippen LogP contribution in [-0.2, 0) is 10.0 Å². The summed E-state index contributed by atoms with van der Waals surface area (Å²) >= 11 is 0. The summed E-state index contributed by atoms with van der Waals surface area (Å²) in [6.07, 6.45) is 2.24. The molecule has 0 aliphatic carbocycles. The SMILES string of the molecule is CN(c1cccc(F)c1)S(=O)(=O)c1cnc(NN)nc1. The van der Waals surface area contributed by atoms with E-state index in [0.717, 1.165) is 22.8 Å². The van der Waals surface area contributed by atoms with Gasteiger partial charge in [-0.25, -0.2) is 28.6 Å². The lowest BCUT2D eigenvalue weighted by molar-refractivity contribution is 0.593. The van der Waals surface area contributed by atoms with Crippen LogP contribution >= 0.6 is 0 Å². The highest BCUT2D eigenvalue weighted by atomic mass is 32.2. The zero-order valence-corrected chi connectivity index (χ0v) is 11.3. The molecule has 0 unspecified atom stereocenters. The van der Waals surface area contributed by atoms with Crippen LogP contribution < -0.4 is 15.6 Å². The number of nitrogens with two attached hydrogens (primary N) is 1. The normalized spacial score (nSPS) is 11.2. The number of hydrogen-bond acceptors (Lipinski definition) is 6. The quantitative estimate of drug-likeness (QED) is 0.637. The van der Waals surface area contributed by atoms with E-state index in [4.69, 9.17) is 5.84 Å². The molecule has 1 aromatic carbocycles. The van der Waals surface area contributed by atoms with Crippen LogP contribution in [0.25, 0.3) is 0 Å². The summed E-state index contributed by atoms with van der Waals surface area (Å²) in [6.45, 7) is 0. The molecule has 3 N–H and O–H groups in total. The Labute approximate surface area is 115 Å². The summed E-state index contributed by atoms with van der Waals surface area (Å²) in [5.41, 5.74) is 2.39. The standard InChI is InChI=1S/C11H12FN5O2S/c1-17(9-4-2-3-8(12)5-9)20(18,19)10-6-14-11(16-13)15-7-10/h2-7H,13H2,1H3,(H,14,15,16). The molecule has 106 valence electrons. The van der Waals surface area contributed by atoms with Gasteiger partial charge in [-0.2, -0.15) is 0 Å². The van der Waals surface area contributed by atoms with Crippen LogP contribution in [0.15, 0.2) is 41.6 Å². The summed E-state index contributed by atoms with van der Waals surface area (Å²) in [5.74, 6) is 4.67. The number of nitrogen functional groups attached to an aromatic ring is 1. The van der Waals surface area contributed by atoms with Crippen molar-refractivity contribution in [3.8, 4) is 0 Å². The molecule has 0 aliphatic rings. The molecule has 1 aromatic heterocycles. The molecule has 7 nitrogen and oxygen atoms in total. The molecule has 0 aliphatic heterocycles. The van der Waals surface area contributed by atoms with Gasteiger partial charge in [0.1, 0.15) is 10.7 Å². The summed E-state index contributed by atoms with van der Waals surface area (Å²) in [4.78, 5) is 7.34. The van der Waals surface area contributed by atoms with Gasteiger partial charge in [-0.05, 0) is 18.2 Å². The fourth-order valence-corrected chi connectivity index (χ4v) is 2.57. The molecular weight excluding hydrogens is 285 g/mol. The van der Waals surface area contributed by atoms with Crippen molar-refractivity contribution in [3.63, 3.8) is 0 Å². The molecule has 0 saturated carbocycles. The third kappa shape index (κ3) is 2.68. The highest BCUT2D eigenvalue weighted by Gasteiger charge is 2.22. The smallest absolute Gasteiger partial charge is 0.267 e. The topological polar surface area (TPSA) is 101 Å². The Balaban J connectivity index is 2.38. The molecule has 2 rings (SSSR count). The monoisotopic (exact) mass is 297 g/mol. The maximum absolute atomic E-state index is 13.1. The molecule has 0 saturated heterocycles. The Kier molecular flexibility index (Phi) is 3.81. The van der Waals surface area contributed by atoms with E-state index in [2.05, 4.69) is 15.4 Å². The number of nitrogens with one attached hydrogen (secondary N) is 1. The number of hydrogen-bond donors (Lipinski definition) is 2. The van der Waals surface area contributed by atoms with Crippen molar-refractivity contribution in [1.29, 1.82) is 0 Å². The van der Waals surface area contributed by atoms with Gasteiger partial charge in [0.2, 0.25) is 5.95 Å². The van der Waals surface area contributed by atoms with E-state index in [1.54, 1.807) is 0 Å². The van der Waals surface area contributed by atoms with Gasteiger partial charge < -0.3 is 0 Å². The predicted molar refractivity (Wildman–Crippen MR) is 71.8 cm³/mol. The Bertz CT molecular complexity index is 705. The van der Waals surface area contributed by atoms with Crippen LogP contribution in [-0.4, -0.2) is 25.4 Å². The number of aromatic nitrogens is 2. The first-order valence-electron chi connectivity index (χ1n) is 5.48. The van der Waals surface area contributed by atoms with Crippen LogP contribution in [0.2, 0.25) is 0 Å². The van der Waals surface area contributed by atoms with E-state index < -0.39 is 15.8 Å². The summed E-state index contributed by atoms with van der Waals surface area (Å²) in [6, 6.07) is 5.26. The summed E-state index contributed by atoms with van der Waals surface area (Å²) in [7, 11) is -2.54. The number of benzene rings is 1. The van der Waals surface area contributed by atoms with Crippen LogP contribution in [0.3, 0.4) is 0 Å². The molecule has 20 heavy (non-hydrogen) atoms. The Morgan fingerprint density at radius 1 is 1.30 bits per heavy atom. The number of sulfonamides is 1. The molecule has 9 heteroatoms. The largest absolute Gasteiger partial charge is 0.292 e. The number of rotatable bonds is 4. The third-order valence-corrected chi connectivity index (χ3v) is 4.33.